The zero-order valence-corrected chi connectivity index (χ0v) is 20.2. The fraction of sp³-hybridized carbons (Fsp3) is 0.731. The lowest BCUT2D eigenvalue weighted by molar-refractivity contribution is -0.122. The molecule has 1 amide bonds. The van der Waals surface area contributed by atoms with Gasteiger partial charge in [0.2, 0.25) is 5.91 Å². The minimum atomic E-state index is -0.539. The molecule has 0 unspecified atom stereocenters. The van der Waals surface area contributed by atoms with Crippen molar-refractivity contribution in [2.75, 3.05) is 26.9 Å². The van der Waals surface area contributed by atoms with Crippen LogP contribution in [-0.2, 0) is 11.2 Å². The second-order valence-corrected chi connectivity index (χ2v) is 8.53. The minimum absolute atomic E-state index is 0.0952. The van der Waals surface area contributed by atoms with E-state index < -0.39 is 6.04 Å². The largest absolute Gasteiger partial charge is 0.497 e. The third-order valence-corrected chi connectivity index (χ3v) is 5.62. The lowest BCUT2D eigenvalue weighted by Crippen LogP contribution is -2.39. The maximum Gasteiger partial charge on any atom is 0.220 e. The molecule has 1 aromatic carbocycles. The summed E-state index contributed by atoms with van der Waals surface area (Å²) < 4.78 is 11.4. The first-order valence-electron chi connectivity index (χ1n) is 12.4. The smallest absolute Gasteiger partial charge is 0.220 e. The van der Waals surface area contributed by atoms with Crippen LogP contribution in [0.15, 0.2) is 18.2 Å². The van der Waals surface area contributed by atoms with Crippen LogP contribution in [0, 0.1) is 0 Å². The number of benzene rings is 1. The molecule has 0 aliphatic rings. The van der Waals surface area contributed by atoms with E-state index in [-0.39, 0.29) is 19.1 Å². The molecule has 1 aromatic rings. The summed E-state index contributed by atoms with van der Waals surface area (Å²) in [6, 6.07) is 5.68. The van der Waals surface area contributed by atoms with Gasteiger partial charge in [-0.25, -0.2) is 0 Å². The molecule has 1 rings (SSSR count). The molecule has 0 saturated carbocycles. The molecule has 0 radical (unpaired) electrons. The van der Waals surface area contributed by atoms with Crippen molar-refractivity contribution in [2.24, 2.45) is 0 Å². The number of aryl methyl sites for hydroxylation is 1. The van der Waals surface area contributed by atoms with Crippen LogP contribution >= 0.6 is 0 Å². The summed E-state index contributed by atoms with van der Waals surface area (Å²) in [6.45, 7) is 2.50. The number of carbonyl (C=O) groups is 1. The SMILES string of the molecule is CCCCCc1cc(OC)cc(OCCCCCCCCCCC(=O)NC(CO)CO)c1. The summed E-state index contributed by atoms with van der Waals surface area (Å²) in [6.07, 6.45) is 14.1. The number of nitrogens with one attached hydrogen (secondary N) is 1. The van der Waals surface area contributed by atoms with E-state index >= 15 is 0 Å². The van der Waals surface area contributed by atoms with E-state index in [1.165, 1.54) is 50.5 Å². The van der Waals surface area contributed by atoms with Crippen LogP contribution in [0.1, 0.15) is 89.5 Å². The third kappa shape index (κ3) is 13.6. The lowest BCUT2D eigenvalue weighted by Gasteiger charge is -2.13. The molecule has 0 spiro atoms. The molecule has 3 N–H and O–H groups in total. The van der Waals surface area contributed by atoms with Crippen LogP contribution in [0.2, 0.25) is 0 Å². The van der Waals surface area contributed by atoms with Gasteiger partial charge in [-0.3, -0.25) is 4.79 Å². The Morgan fingerprint density at radius 2 is 1.50 bits per heavy atom. The van der Waals surface area contributed by atoms with E-state index in [4.69, 9.17) is 19.7 Å². The molecule has 6 heteroatoms. The summed E-state index contributed by atoms with van der Waals surface area (Å²) in [4.78, 5) is 11.7. The Kier molecular flexibility index (Phi) is 16.5. The average molecular weight is 452 g/mol. The molecule has 0 aromatic heterocycles. The molecule has 6 nitrogen and oxygen atoms in total. The van der Waals surface area contributed by atoms with Crippen molar-refractivity contribution < 1.29 is 24.5 Å². The third-order valence-electron chi connectivity index (χ3n) is 5.62. The Hall–Kier alpha value is -1.79. The second kappa shape index (κ2) is 18.8. The van der Waals surface area contributed by atoms with E-state index in [0.717, 1.165) is 50.2 Å². The maximum absolute atomic E-state index is 11.7. The summed E-state index contributed by atoms with van der Waals surface area (Å²) in [5.41, 5.74) is 1.28. The van der Waals surface area contributed by atoms with Gasteiger partial charge in [-0.15, -0.1) is 0 Å². The van der Waals surface area contributed by atoms with E-state index in [1.54, 1.807) is 7.11 Å². The van der Waals surface area contributed by atoms with Crippen LogP contribution in [0.25, 0.3) is 0 Å². The number of aliphatic hydroxyl groups is 2. The van der Waals surface area contributed by atoms with Gasteiger partial charge in [0.1, 0.15) is 11.5 Å². The highest BCUT2D eigenvalue weighted by atomic mass is 16.5. The summed E-state index contributed by atoms with van der Waals surface area (Å²) in [5.74, 6) is 1.68. The van der Waals surface area contributed by atoms with Gasteiger partial charge in [-0.2, -0.15) is 0 Å². The molecule has 0 fully saturated rings. The molecular weight excluding hydrogens is 406 g/mol. The number of ether oxygens (including phenoxy) is 2. The number of hydrogen-bond donors (Lipinski definition) is 3. The van der Waals surface area contributed by atoms with Crippen molar-refractivity contribution in [3.63, 3.8) is 0 Å². The van der Waals surface area contributed by atoms with Gasteiger partial charge < -0.3 is 25.0 Å². The van der Waals surface area contributed by atoms with Crippen LogP contribution in [0.3, 0.4) is 0 Å². The van der Waals surface area contributed by atoms with Crippen LogP contribution in [-0.4, -0.2) is 49.1 Å². The Bertz CT molecular complexity index is 604. The molecule has 184 valence electrons. The molecule has 0 saturated heterocycles. The van der Waals surface area contributed by atoms with Crippen molar-refractivity contribution in [1.82, 2.24) is 5.32 Å². The predicted octanol–water partition coefficient (Wildman–Crippen LogP) is 4.79. The number of unbranched alkanes of at least 4 members (excludes halogenated alkanes) is 9. The number of amides is 1. The van der Waals surface area contributed by atoms with Gasteiger partial charge in [-0.05, 0) is 43.4 Å². The van der Waals surface area contributed by atoms with Crippen LogP contribution < -0.4 is 14.8 Å². The first-order valence-corrected chi connectivity index (χ1v) is 12.4. The van der Waals surface area contributed by atoms with E-state index in [0.29, 0.717) is 6.42 Å². The zero-order valence-electron chi connectivity index (χ0n) is 20.2. The Balaban J connectivity index is 2.06. The Labute approximate surface area is 194 Å². The molecule has 0 atom stereocenters. The van der Waals surface area contributed by atoms with Gasteiger partial charge in [-0.1, -0.05) is 58.3 Å². The normalized spacial score (nSPS) is 11.0. The maximum atomic E-state index is 11.7. The monoisotopic (exact) mass is 451 g/mol. The second-order valence-electron chi connectivity index (χ2n) is 8.53. The summed E-state index contributed by atoms with van der Waals surface area (Å²) in [5, 5.41) is 20.5. The summed E-state index contributed by atoms with van der Waals surface area (Å²) in [7, 11) is 1.70. The zero-order chi connectivity index (χ0) is 23.4. The number of carbonyl (C=O) groups excluding carboxylic acids is 1. The van der Waals surface area contributed by atoms with Crippen LogP contribution in [0.5, 0.6) is 11.5 Å². The lowest BCUT2D eigenvalue weighted by atomic mass is 10.1. The molecule has 32 heavy (non-hydrogen) atoms. The van der Waals surface area contributed by atoms with Crippen molar-refractivity contribution in [1.29, 1.82) is 0 Å². The van der Waals surface area contributed by atoms with E-state index in [2.05, 4.69) is 24.4 Å². The number of aliphatic hydroxyl groups excluding tert-OH is 2. The van der Waals surface area contributed by atoms with Gasteiger partial charge in [0, 0.05) is 12.5 Å². The number of rotatable bonds is 20. The highest BCUT2D eigenvalue weighted by Crippen LogP contribution is 2.24. The predicted molar refractivity (Wildman–Crippen MR) is 129 cm³/mol. The van der Waals surface area contributed by atoms with E-state index in [1.807, 2.05) is 6.07 Å². The molecule has 0 aliphatic carbocycles. The van der Waals surface area contributed by atoms with Crippen molar-refractivity contribution in [3.8, 4) is 11.5 Å². The first kappa shape index (κ1) is 28.2. The van der Waals surface area contributed by atoms with Crippen molar-refractivity contribution in [3.05, 3.63) is 23.8 Å². The average Bonchev–Trinajstić information content (AvgIpc) is 2.81. The van der Waals surface area contributed by atoms with Crippen molar-refractivity contribution >= 4 is 5.91 Å². The van der Waals surface area contributed by atoms with Gasteiger partial charge >= 0.3 is 0 Å². The quantitative estimate of drug-likeness (QED) is 0.248. The van der Waals surface area contributed by atoms with Gasteiger partial charge in [0.05, 0.1) is 33.0 Å². The molecule has 0 heterocycles. The number of hydrogen-bond acceptors (Lipinski definition) is 5. The topological polar surface area (TPSA) is 88.0 Å². The molecular formula is C26H45NO5. The van der Waals surface area contributed by atoms with Crippen LogP contribution in [0.4, 0.5) is 0 Å². The number of methoxy groups -OCH3 is 1. The first-order chi connectivity index (χ1) is 15.6. The van der Waals surface area contributed by atoms with Gasteiger partial charge in [0.15, 0.2) is 0 Å². The minimum Gasteiger partial charge on any atom is -0.497 e. The highest BCUT2D eigenvalue weighted by Gasteiger charge is 2.09. The molecule has 0 bridgehead atoms. The fourth-order valence-corrected chi connectivity index (χ4v) is 3.64. The Morgan fingerprint density at radius 3 is 2.12 bits per heavy atom. The molecule has 0 aliphatic heterocycles. The van der Waals surface area contributed by atoms with Gasteiger partial charge in [0.25, 0.3) is 0 Å². The standard InChI is InChI=1S/C26H45NO5/c1-3-4-11-14-22-17-24(31-2)19-25(18-22)32-16-13-10-8-6-5-7-9-12-15-26(30)27-23(20-28)21-29/h17-19,23,28-29H,3-16,20-21H2,1-2H3,(H,27,30). The highest BCUT2D eigenvalue weighted by molar-refractivity contribution is 5.76. The van der Waals surface area contributed by atoms with Crippen molar-refractivity contribution in [2.45, 2.75) is 96.4 Å². The fourth-order valence-electron chi connectivity index (χ4n) is 3.64. The Morgan fingerprint density at radius 1 is 0.875 bits per heavy atom. The van der Waals surface area contributed by atoms with E-state index in [9.17, 15) is 4.79 Å². The summed E-state index contributed by atoms with van der Waals surface area (Å²) >= 11 is 0.